The summed E-state index contributed by atoms with van der Waals surface area (Å²) in [4.78, 5) is 2.42. The van der Waals surface area contributed by atoms with Gasteiger partial charge in [-0.25, -0.2) is 0 Å². The quantitative estimate of drug-likeness (QED) is 0.901. The predicted octanol–water partition coefficient (Wildman–Crippen LogP) is 4.08. The number of halogens is 1. The number of fused-ring (bicyclic) bond motifs is 1. The molecule has 0 spiro atoms. The van der Waals surface area contributed by atoms with Crippen LogP contribution in [-0.4, -0.2) is 30.6 Å². The summed E-state index contributed by atoms with van der Waals surface area (Å²) < 4.78 is 0. The molecule has 1 aromatic rings. The Kier molecular flexibility index (Phi) is 5.20. The van der Waals surface area contributed by atoms with E-state index in [1.54, 1.807) is 0 Å². The largest absolute Gasteiger partial charge is 0.310 e. The van der Waals surface area contributed by atoms with Crippen molar-refractivity contribution in [2.75, 3.05) is 13.6 Å². The third kappa shape index (κ3) is 4.21. The van der Waals surface area contributed by atoms with E-state index in [4.69, 9.17) is 11.6 Å². The fourth-order valence-electron chi connectivity index (χ4n) is 4.11. The van der Waals surface area contributed by atoms with Gasteiger partial charge in [-0.05, 0) is 56.3 Å². The van der Waals surface area contributed by atoms with Crippen molar-refractivity contribution < 1.29 is 0 Å². The molecule has 1 aliphatic carbocycles. The van der Waals surface area contributed by atoms with E-state index in [2.05, 4.69) is 29.4 Å². The van der Waals surface area contributed by atoms with Crippen molar-refractivity contribution in [3.63, 3.8) is 0 Å². The molecule has 3 unspecified atom stereocenters. The van der Waals surface area contributed by atoms with Crippen LogP contribution >= 0.6 is 11.6 Å². The van der Waals surface area contributed by atoms with E-state index in [-0.39, 0.29) is 0 Å². The highest BCUT2D eigenvalue weighted by Crippen LogP contribution is 2.32. The Bertz CT molecular complexity index is 462. The summed E-state index contributed by atoms with van der Waals surface area (Å²) in [7, 11) is 2.22. The highest BCUT2D eigenvalue weighted by Gasteiger charge is 2.31. The number of likely N-dealkylation sites (N-methyl/N-ethyl adjacent to an activating group) is 1. The molecular formula is C18H27ClN2. The van der Waals surface area contributed by atoms with Crippen molar-refractivity contribution in [2.45, 2.75) is 57.2 Å². The molecule has 3 heteroatoms. The van der Waals surface area contributed by atoms with E-state index in [1.165, 1.54) is 44.1 Å². The van der Waals surface area contributed by atoms with Crippen LogP contribution in [0.3, 0.4) is 0 Å². The smallest absolute Gasteiger partial charge is 0.0409 e. The van der Waals surface area contributed by atoms with E-state index in [1.807, 2.05) is 12.1 Å². The summed E-state index contributed by atoms with van der Waals surface area (Å²) in [6.45, 7) is 2.11. The van der Waals surface area contributed by atoms with Gasteiger partial charge in [-0.15, -0.1) is 0 Å². The van der Waals surface area contributed by atoms with Gasteiger partial charge in [-0.1, -0.05) is 36.6 Å². The minimum absolute atomic E-state index is 0.661. The maximum absolute atomic E-state index is 6.07. The summed E-state index contributed by atoms with van der Waals surface area (Å²) in [5.41, 5.74) is 1.30. The van der Waals surface area contributed by atoms with E-state index >= 15 is 0 Å². The van der Waals surface area contributed by atoms with Crippen LogP contribution in [0.1, 0.15) is 44.1 Å². The first-order valence-corrected chi connectivity index (χ1v) is 8.77. The van der Waals surface area contributed by atoms with Crippen LogP contribution in [0.25, 0.3) is 0 Å². The summed E-state index contributed by atoms with van der Waals surface area (Å²) >= 11 is 6.07. The van der Waals surface area contributed by atoms with Crippen LogP contribution in [0.2, 0.25) is 5.02 Å². The monoisotopic (exact) mass is 306 g/mol. The van der Waals surface area contributed by atoms with Crippen LogP contribution in [0.4, 0.5) is 0 Å². The Morgan fingerprint density at radius 1 is 1.19 bits per heavy atom. The van der Waals surface area contributed by atoms with Crippen LogP contribution < -0.4 is 5.32 Å². The van der Waals surface area contributed by atoms with Crippen LogP contribution in [0, 0.1) is 5.92 Å². The molecule has 3 rings (SSSR count). The number of hydrogen-bond donors (Lipinski definition) is 1. The maximum atomic E-state index is 6.07. The van der Waals surface area contributed by atoms with Gasteiger partial charge in [0.15, 0.2) is 0 Å². The number of nitrogens with one attached hydrogen (secondary N) is 1. The molecule has 1 heterocycles. The molecule has 3 atom stereocenters. The lowest BCUT2D eigenvalue weighted by atomic mass is 9.78. The maximum Gasteiger partial charge on any atom is 0.0409 e. The average molecular weight is 307 g/mol. The second kappa shape index (κ2) is 7.13. The Morgan fingerprint density at radius 2 is 2.05 bits per heavy atom. The molecule has 0 amide bonds. The van der Waals surface area contributed by atoms with Crippen LogP contribution in [-0.2, 0) is 6.54 Å². The number of benzene rings is 1. The standard InChI is InChI=1S/C18H27ClN2/c1-21(12-14-5-4-7-16(19)11-14)13-17-10-9-15-6-2-3-8-18(15)20-17/h4-5,7,11,15,17-18,20H,2-3,6,8-10,12-13H2,1H3. The Hall–Kier alpha value is -0.570. The molecule has 1 N–H and O–H groups in total. The number of nitrogens with zero attached hydrogens (tertiary/aromatic N) is 1. The lowest BCUT2D eigenvalue weighted by Crippen LogP contribution is -2.52. The number of piperidine rings is 1. The van der Waals surface area contributed by atoms with Gasteiger partial charge in [0.2, 0.25) is 0 Å². The fourth-order valence-corrected chi connectivity index (χ4v) is 4.32. The third-order valence-electron chi connectivity index (χ3n) is 5.12. The fraction of sp³-hybridized carbons (Fsp3) is 0.667. The van der Waals surface area contributed by atoms with E-state index in [9.17, 15) is 0 Å². The second-order valence-electron chi connectivity index (χ2n) is 6.92. The van der Waals surface area contributed by atoms with Gasteiger partial charge in [0.05, 0.1) is 0 Å². The van der Waals surface area contributed by atoms with E-state index < -0.39 is 0 Å². The first-order chi connectivity index (χ1) is 10.2. The molecular weight excluding hydrogens is 280 g/mol. The average Bonchev–Trinajstić information content (AvgIpc) is 2.47. The highest BCUT2D eigenvalue weighted by molar-refractivity contribution is 6.30. The molecule has 2 nitrogen and oxygen atoms in total. The van der Waals surface area contributed by atoms with Gasteiger partial charge < -0.3 is 10.2 Å². The van der Waals surface area contributed by atoms with Crippen molar-refractivity contribution >= 4 is 11.6 Å². The van der Waals surface area contributed by atoms with Crippen molar-refractivity contribution in [2.24, 2.45) is 5.92 Å². The minimum Gasteiger partial charge on any atom is -0.310 e. The lowest BCUT2D eigenvalue weighted by molar-refractivity contribution is 0.151. The molecule has 2 aliphatic rings. The van der Waals surface area contributed by atoms with Crippen molar-refractivity contribution in [1.82, 2.24) is 10.2 Å². The van der Waals surface area contributed by atoms with Gasteiger partial charge >= 0.3 is 0 Å². The zero-order chi connectivity index (χ0) is 14.7. The topological polar surface area (TPSA) is 15.3 Å². The van der Waals surface area contributed by atoms with Crippen LogP contribution in [0.5, 0.6) is 0 Å². The molecule has 21 heavy (non-hydrogen) atoms. The minimum atomic E-state index is 0.661. The van der Waals surface area contributed by atoms with E-state index in [0.717, 1.165) is 30.1 Å². The predicted molar refractivity (Wildman–Crippen MR) is 89.7 cm³/mol. The van der Waals surface area contributed by atoms with Gasteiger partial charge in [0.1, 0.15) is 0 Å². The van der Waals surface area contributed by atoms with Gasteiger partial charge in [0.25, 0.3) is 0 Å². The summed E-state index contributed by atoms with van der Waals surface area (Å²) in [6.07, 6.45) is 8.46. The highest BCUT2D eigenvalue weighted by atomic mass is 35.5. The summed E-state index contributed by atoms with van der Waals surface area (Å²) in [6, 6.07) is 9.66. The summed E-state index contributed by atoms with van der Waals surface area (Å²) in [5, 5.41) is 4.75. The SMILES string of the molecule is CN(Cc1cccc(Cl)c1)CC1CCC2CCCCC2N1. The molecule has 116 valence electrons. The molecule has 1 saturated heterocycles. The van der Waals surface area contributed by atoms with Gasteiger partial charge in [0, 0.05) is 30.2 Å². The second-order valence-corrected chi connectivity index (χ2v) is 7.36. The molecule has 1 saturated carbocycles. The Labute approximate surface area is 133 Å². The first kappa shape index (κ1) is 15.3. The first-order valence-electron chi connectivity index (χ1n) is 8.40. The summed E-state index contributed by atoms with van der Waals surface area (Å²) in [5.74, 6) is 0.952. The van der Waals surface area contributed by atoms with Crippen LogP contribution in [0.15, 0.2) is 24.3 Å². The Morgan fingerprint density at radius 3 is 2.90 bits per heavy atom. The van der Waals surface area contributed by atoms with Crippen molar-refractivity contribution in [3.05, 3.63) is 34.9 Å². The molecule has 0 radical (unpaired) electrons. The normalized spacial score (nSPS) is 29.4. The zero-order valence-corrected chi connectivity index (χ0v) is 13.8. The van der Waals surface area contributed by atoms with E-state index in [0.29, 0.717) is 6.04 Å². The van der Waals surface area contributed by atoms with Gasteiger partial charge in [-0.3, -0.25) is 0 Å². The molecule has 0 bridgehead atoms. The van der Waals surface area contributed by atoms with Gasteiger partial charge in [-0.2, -0.15) is 0 Å². The van der Waals surface area contributed by atoms with Crippen molar-refractivity contribution in [1.29, 1.82) is 0 Å². The lowest BCUT2D eigenvalue weighted by Gasteiger charge is -2.41. The number of hydrogen-bond acceptors (Lipinski definition) is 2. The molecule has 0 aromatic heterocycles. The zero-order valence-electron chi connectivity index (χ0n) is 13.0. The van der Waals surface area contributed by atoms with Crippen molar-refractivity contribution in [3.8, 4) is 0 Å². The molecule has 1 aliphatic heterocycles. The molecule has 1 aromatic carbocycles. The Balaban J connectivity index is 1.49. The third-order valence-corrected chi connectivity index (χ3v) is 5.35. The number of rotatable bonds is 4. The molecule has 2 fully saturated rings.